The third-order valence-corrected chi connectivity index (χ3v) is 3.00. The SMILES string of the molecule is Cc1cnn(C)c1C(=O)C1OCCC1C. The second-order valence-corrected chi connectivity index (χ2v) is 4.22. The van der Waals surface area contributed by atoms with Gasteiger partial charge in [0.1, 0.15) is 11.8 Å². The van der Waals surface area contributed by atoms with Crippen molar-refractivity contribution in [2.75, 3.05) is 6.61 Å². The fourth-order valence-electron chi connectivity index (χ4n) is 2.07. The first-order valence-corrected chi connectivity index (χ1v) is 5.25. The molecular weight excluding hydrogens is 192 g/mol. The van der Waals surface area contributed by atoms with Crippen LogP contribution in [0, 0.1) is 12.8 Å². The Bertz CT molecular complexity index is 364. The van der Waals surface area contributed by atoms with Crippen molar-refractivity contribution >= 4 is 5.78 Å². The van der Waals surface area contributed by atoms with Crippen LogP contribution in [0.5, 0.6) is 0 Å². The van der Waals surface area contributed by atoms with Crippen LogP contribution in [0.15, 0.2) is 6.20 Å². The lowest BCUT2D eigenvalue weighted by Crippen LogP contribution is -2.27. The zero-order chi connectivity index (χ0) is 11.0. The average molecular weight is 208 g/mol. The molecule has 1 aromatic rings. The van der Waals surface area contributed by atoms with Crippen molar-refractivity contribution in [3.8, 4) is 0 Å². The van der Waals surface area contributed by atoms with Crippen molar-refractivity contribution in [2.45, 2.75) is 26.4 Å². The van der Waals surface area contributed by atoms with Crippen molar-refractivity contribution in [1.29, 1.82) is 0 Å². The number of carbonyl (C=O) groups is 1. The molecule has 1 saturated heterocycles. The number of ether oxygens (including phenoxy) is 1. The summed E-state index contributed by atoms with van der Waals surface area (Å²) in [4.78, 5) is 12.2. The molecule has 82 valence electrons. The van der Waals surface area contributed by atoms with E-state index >= 15 is 0 Å². The lowest BCUT2D eigenvalue weighted by Gasteiger charge is -2.13. The Morgan fingerprint density at radius 2 is 2.40 bits per heavy atom. The molecule has 15 heavy (non-hydrogen) atoms. The van der Waals surface area contributed by atoms with Crippen molar-refractivity contribution in [3.63, 3.8) is 0 Å². The normalized spacial score (nSPS) is 25.8. The maximum atomic E-state index is 12.2. The fraction of sp³-hybridized carbons (Fsp3) is 0.636. The highest BCUT2D eigenvalue weighted by molar-refractivity contribution is 5.99. The molecule has 2 unspecified atom stereocenters. The first-order valence-electron chi connectivity index (χ1n) is 5.25. The van der Waals surface area contributed by atoms with Gasteiger partial charge in [0, 0.05) is 13.7 Å². The molecule has 0 radical (unpaired) electrons. The molecule has 4 nitrogen and oxygen atoms in total. The second-order valence-electron chi connectivity index (χ2n) is 4.22. The zero-order valence-electron chi connectivity index (χ0n) is 9.36. The van der Waals surface area contributed by atoms with E-state index in [-0.39, 0.29) is 11.9 Å². The van der Waals surface area contributed by atoms with Crippen LogP contribution in [-0.4, -0.2) is 28.3 Å². The standard InChI is InChI=1S/C11H16N2O2/c1-7-4-5-15-11(7)10(14)9-8(2)6-12-13(9)3/h6-7,11H,4-5H2,1-3H3. The van der Waals surface area contributed by atoms with Gasteiger partial charge < -0.3 is 4.74 Å². The predicted molar refractivity (Wildman–Crippen MR) is 55.8 cm³/mol. The highest BCUT2D eigenvalue weighted by Crippen LogP contribution is 2.24. The molecule has 1 aromatic heterocycles. The third kappa shape index (κ3) is 1.69. The van der Waals surface area contributed by atoms with Crippen LogP contribution < -0.4 is 0 Å². The molecule has 0 amide bonds. The van der Waals surface area contributed by atoms with Gasteiger partial charge in [0.15, 0.2) is 0 Å². The topological polar surface area (TPSA) is 44.1 Å². The lowest BCUT2D eigenvalue weighted by atomic mass is 9.98. The molecular formula is C11H16N2O2. The number of aromatic nitrogens is 2. The van der Waals surface area contributed by atoms with Gasteiger partial charge in [-0.15, -0.1) is 0 Å². The van der Waals surface area contributed by atoms with Crippen LogP contribution in [0.25, 0.3) is 0 Å². The van der Waals surface area contributed by atoms with Gasteiger partial charge in [0.05, 0.1) is 6.20 Å². The Morgan fingerprint density at radius 3 is 2.87 bits per heavy atom. The molecule has 4 heteroatoms. The van der Waals surface area contributed by atoms with E-state index in [1.54, 1.807) is 17.9 Å². The van der Waals surface area contributed by atoms with Crippen molar-refractivity contribution < 1.29 is 9.53 Å². The minimum absolute atomic E-state index is 0.0671. The quantitative estimate of drug-likeness (QED) is 0.689. The van der Waals surface area contributed by atoms with Gasteiger partial charge in [-0.1, -0.05) is 6.92 Å². The summed E-state index contributed by atoms with van der Waals surface area (Å²) in [5.41, 5.74) is 1.60. The average Bonchev–Trinajstić information content (AvgIpc) is 2.73. The number of rotatable bonds is 2. The van der Waals surface area contributed by atoms with Crippen LogP contribution in [0.3, 0.4) is 0 Å². The number of nitrogens with zero attached hydrogens (tertiary/aromatic N) is 2. The maximum absolute atomic E-state index is 12.2. The summed E-state index contributed by atoms with van der Waals surface area (Å²) < 4.78 is 7.10. The van der Waals surface area contributed by atoms with Gasteiger partial charge in [-0.3, -0.25) is 9.48 Å². The third-order valence-electron chi connectivity index (χ3n) is 3.00. The van der Waals surface area contributed by atoms with Gasteiger partial charge in [0.25, 0.3) is 0 Å². The van der Waals surface area contributed by atoms with Crippen LogP contribution >= 0.6 is 0 Å². The van der Waals surface area contributed by atoms with Crippen LogP contribution in [0.4, 0.5) is 0 Å². The monoisotopic (exact) mass is 208 g/mol. The number of Topliss-reactive ketones (excluding diaryl/α,β-unsaturated/α-hetero) is 1. The van der Waals surface area contributed by atoms with Crippen molar-refractivity contribution in [3.05, 3.63) is 17.5 Å². The Labute approximate surface area is 89.2 Å². The summed E-state index contributed by atoms with van der Waals surface area (Å²) in [6.45, 7) is 4.65. The number of hydrogen-bond donors (Lipinski definition) is 0. The van der Waals surface area contributed by atoms with Gasteiger partial charge in [-0.2, -0.15) is 5.10 Å². The zero-order valence-corrected chi connectivity index (χ0v) is 9.36. The summed E-state index contributed by atoms with van der Waals surface area (Å²) in [6, 6.07) is 0. The smallest absolute Gasteiger partial charge is 0.210 e. The van der Waals surface area contributed by atoms with E-state index in [0.29, 0.717) is 18.2 Å². The van der Waals surface area contributed by atoms with Gasteiger partial charge in [0.2, 0.25) is 5.78 Å². The number of ketones is 1. The molecule has 0 spiro atoms. The van der Waals surface area contributed by atoms with E-state index in [0.717, 1.165) is 12.0 Å². The molecule has 1 aliphatic rings. The van der Waals surface area contributed by atoms with Crippen LogP contribution in [-0.2, 0) is 11.8 Å². The van der Waals surface area contributed by atoms with Gasteiger partial charge in [-0.05, 0) is 24.8 Å². The highest BCUT2D eigenvalue weighted by Gasteiger charge is 2.33. The molecule has 2 heterocycles. The van der Waals surface area contributed by atoms with Crippen molar-refractivity contribution in [2.24, 2.45) is 13.0 Å². The van der Waals surface area contributed by atoms with E-state index in [1.807, 2.05) is 6.92 Å². The van der Waals surface area contributed by atoms with E-state index in [4.69, 9.17) is 4.74 Å². The molecule has 2 atom stereocenters. The summed E-state index contributed by atoms with van der Waals surface area (Å²) in [7, 11) is 1.79. The van der Waals surface area contributed by atoms with Crippen LogP contribution in [0.1, 0.15) is 29.4 Å². The summed E-state index contributed by atoms with van der Waals surface area (Å²) >= 11 is 0. The first kappa shape index (κ1) is 10.4. The van der Waals surface area contributed by atoms with Crippen molar-refractivity contribution in [1.82, 2.24) is 9.78 Å². The van der Waals surface area contributed by atoms with E-state index in [2.05, 4.69) is 12.0 Å². The predicted octanol–water partition coefficient (Wildman–Crippen LogP) is 1.34. The minimum Gasteiger partial charge on any atom is -0.370 e. The molecule has 0 aliphatic carbocycles. The molecule has 0 N–H and O–H groups in total. The molecule has 0 saturated carbocycles. The molecule has 1 aliphatic heterocycles. The molecule has 0 bridgehead atoms. The summed E-state index contributed by atoms with van der Waals surface area (Å²) in [6.07, 6.45) is 2.40. The molecule has 0 aromatic carbocycles. The fourth-order valence-corrected chi connectivity index (χ4v) is 2.07. The Morgan fingerprint density at radius 1 is 1.67 bits per heavy atom. The Balaban J connectivity index is 2.28. The van der Waals surface area contributed by atoms with E-state index in [9.17, 15) is 4.79 Å². The number of hydrogen-bond acceptors (Lipinski definition) is 3. The van der Waals surface area contributed by atoms with Crippen LogP contribution in [0.2, 0.25) is 0 Å². The van der Waals surface area contributed by atoms with Gasteiger partial charge >= 0.3 is 0 Å². The second kappa shape index (κ2) is 3.77. The van der Waals surface area contributed by atoms with E-state index in [1.165, 1.54) is 0 Å². The number of aryl methyl sites for hydroxylation is 2. The minimum atomic E-state index is -0.279. The summed E-state index contributed by atoms with van der Waals surface area (Å²) in [5.74, 6) is 0.379. The maximum Gasteiger partial charge on any atom is 0.210 e. The first-order chi connectivity index (χ1) is 7.11. The van der Waals surface area contributed by atoms with Gasteiger partial charge in [-0.25, -0.2) is 0 Å². The molecule has 2 rings (SSSR count). The summed E-state index contributed by atoms with van der Waals surface area (Å²) in [5, 5.41) is 4.07. The largest absolute Gasteiger partial charge is 0.370 e. The molecule has 1 fully saturated rings. The highest BCUT2D eigenvalue weighted by atomic mass is 16.5. The van der Waals surface area contributed by atoms with E-state index < -0.39 is 0 Å². The Kier molecular flexibility index (Phi) is 2.61. The Hall–Kier alpha value is -1.16. The lowest BCUT2D eigenvalue weighted by molar-refractivity contribution is 0.0569. The number of carbonyl (C=O) groups excluding carboxylic acids is 1.